The Morgan fingerprint density at radius 3 is 2.70 bits per heavy atom. The van der Waals surface area contributed by atoms with Crippen LogP contribution in [-0.2, 0) is 21.3 Å². The third kappa shape index (κ3) is 6.99. The number of hydrogen-bond acceptors (Lipinski definition) is 4. The molecule has 2 atom stereocenters. The highest BCUT2D eigenvalue weighted by Gasteiger charge is 2.30. The molecule has 6 nitrogen and oxygen atoms in total. The first-order chi connectivity index (χ1) is 12.8. The van der Waals surface area contributed by atoms with E-state index in [0.717, 1.165) is 50.9 Å². The normalized spacial score (nSPS) is 22.3. The average molecular weight is 506 g/mol. The summed E-state index contributed by atoms with van der Waals surface area (Å²) in [5, 5.41) is 3.39. The van der Waals surface area contributed by atoms with E-state index in [1.165, 1.54) is 6.42 Å². The summed E-state index contributed by atoms with van der Waals surface area (Å²) in [6.07, 6.45) is 1.17. The van der Waals surface area contributed by atoms with Gasteiger partial charge >= 0.3 is 0 Å². The van der Waals surface area contributed by atoms with Crippen LogP contribution >= 0.6 is 24.0 Å². The van der Waals surface area contributed by atoms with Crippen molar-refractivity contribution in [3.05, 3.63) is 35.9 Å². The lowest BCUT2D eigenvalue weighted by atomic mass is 10.2. The molecule has 2 saturated heterocycles. The molecule has 2 unspecified atom stereocenters. The summed E-state index contributed by atoms with van der Waals surface area (Å²) in [7, 11) is 0.965. The van der Waals surface area contributed by atoms with Crippen molar-refractivity contribution in [2.24, 2.45) is 4.99 Å². The molecule has 2 aliphatic heterocycles. The molecule has 27 heavy (non-hydrogen) atoms. The van der Waals surface area contributed by atoms with Crippen molar-refractivity contribution < 1.29 is 8.95 Å². The van der Waals surface area contributed by atoms with Gasteiger partial charge in [0.2, 0.25) is 0 Å². The summed E-state index contributed by atoms with van der Waals surface area (Å²) in [5.41, 5.74) is 1.13. The Kier molecular flexibility index (Phi) is 10.0. The highest BCUT2D eigenvalue weighted by atomic mass is 127. The second kappa shape index (κ2) is 12.0. The molecular weight excluding hydrogens is 475 g/mol. The van der Waals surface area contributed by atoms with Crippen molar-refractivity contribution >= 4 is 40.7 Å². The lowest BCUT2D eigenvalue weighted by molar-refractivity contribution is 0.0195. The number of nitrogens with zero attached hydrogens (tertiary/aromatic N) is 3. The number of benzene rings is 1. The fourth-order valence-electron chi connectivity index (χ4n) is 3.62. The quantitative estimate of drug-likeness (QED) is 0.361. The molecule has 2 fully saturated rings. The summed E-state index contributed by atoms with van der Waals surface area (Å²) in [6, 6.07) is 10.6. The third-order valence-electron chi connectivity index (χ3n) is 5.02. The van der Waals surface area contributed by atoms with Gasteiger partial charge in [-0.3, -0.25) is 14.1 Å². The molecule has 1 aromatic rings. The fraction of sp³-hybridized carbons (Fsp3) is 0.632. The van der Waals surface area contributed by atoms with Gasteiger partial charge in [-0.25, -0.2) is 0 Å². The molecule has 152 valence electrons. The van der Waals surface area contributed by atoms with Crippen LogP contribution in [0.1, 0.15) is 12.0 Å². The number of hydrogen-bond donors (Lipinski definition) is 1. The van der Waals surface area contributed by atoms with Gasteiger partial charge in [-0.2, -0.15) is 0 Å². The van der Waals surface area contributed by atoms with E-state index in [9.17, 15) is 4.21 Å². The van der Waals surface area contributed by atoms with Crippen molar-refractivity contribution in [1.82, 2.24) is 15.1 Å². The first kappa shape index (κ1) is 22.6. The van der Waals surface area contributed by atoms with E-state index in [4.69, 9.17) is 4.74 Å². The molecule has 3 rings (SSSR count). The van der Waals surface area contributed by atoms with Crippen molar-refractivity contribution in [2.45, 2.75) is 18.2 Å². The van der Waals surface area contributed by atoms with Crippen LogP contribution in [0.3, 0.4) is 0 Å². The van der Waals surface area contributed by atoms with Gasteiger partial charge in [0.15, 0.2) is 5.96 Å². The van der Waals surface area contributed by atoms with Crippen LogP contribution in [0.25, 0.3) is 0 Å². The number of aliphatic imine (C=N–C) groups is 1. The van der Waals surface area contributed by atoms with Crippen LogP contribution < -0.4 is 5.32 Å². The monoisotopic (exact) mass is 506 g/mol. The van der Waals surface area contributed by atoms with Gasteiger partial charge in [-0.1, -0.05) is 30.3 Å². The van der Waals surface area contributed by atoms with Gasteiger partial charge in [-0.15, -0.1) is 24.0 Å². The standard InChI is InChI=1S/C19H30N4O2S.HI/c1-20-19(21-8-14-26(24)16-17-5-3-2-4-6-17)23-9-7-18(15-23)22-10-12-25-13-11-22;/h2-6,18H,7-16H2,1H3,(H,20,21);1H. The third-order valence-corrected chi connectivity index (χ3v) is 6.33. The van der Waals surface area contributed by atoms with Crippen LogP contribution in [0.4, 0.5) is 0 Å². The fourth-order valence-corrected chi connectivity index (χ4v) is 4.65. The molecule has 0 amide bonds. The highest BCUT2D eigenvalue weighted by Crippen LogP contribution is 2.17. The summed E-state index contributed by atoms with van der Waals surface area (Å²) >= 11 is 0. The van der Waals surface area contributed by atoms with E-state index >= 15 is 0 Å². The number of nitrogens with one attached hydrogen (secondary N) is 1. The SMILES string of the molecule is CN=C(NCCS(=O)Cc1ccccc1)N1CCC(N2CCOCC2)C1.I. The van der Waals surface area contributed by atoms with Gasteiger partial charge in [-0.05, 0) is 12.0 Å². The second-order valence-corrected chi connectivity index (χ2v) is 8.36. The number of rotatable bonds is 6. The molecule has 0 saturated carbocycles. The Hall–Kier alpha value is -0.710. The average Bonchev–Trinajstić information content (AvgIpc) is 3.17. The zero-order chi connectivity index (χ0) is 18.2. The molecule has 0 aromatic heterocycles. The highest BCUT2D eigenvalue weighted by molar-refractivity contribution is 14.0. The van der Waals surface area contributed by atoms with E-state index in [2.05, 4.69) is 20.1 Å². The van der Waals surface area contributed by atoms with Crippen LogP contribution in [0, 0.1) is 0 Å². The molecule has 0 spiro atoms. The molecule has 1 N–H and O–H groups in total. The van der Waals surface area contributed by atoms with Crippen molar-refractivity contribution in [1.29, 1.82) is 0 Å². The van der Waals surface area contributed by atoms with E-state index in [1.54, 1.807) is 0 Å². The molecule has 0 radical (unpaired) electrons. The Bertz CT molecular complexity index is 611. The number of likely N-dealkylation sites (tertiary alicyclic amines) is 1. The van der Waals surface area contributed by atoms with Gasteiger partial charge < -0.3 is 15.0 Å². The molecule has 1 aromatic carbocycles. The van der Waals surface area contributed by atoms with Crippen molar-refractivity contribution in [3.63, 3.8) is 0 Å². The second-order valence-electron chi connectivity index (χ2n) is 6.78. The maximum Gasteiger partial charge on any atom is 0.193 e. The molecule has 2 aliphatic rings. The van der Waals surface area contributed by atoms with Gasteiger partial charge in [0.1, 0.15) is 0 Å². The summed E-state index contributed by atoms with van der Waals surface area (Å²) in [6.45, 7) is 6.46. The maximum atomic E-state index is 12.3. The van der Waals surface area contributed by atoms with Crippen molar-refractivity contribution in [3.8, 4) is 0 Å². The minimum Gasteiger partial charge on any atom is -0.379 e. The lowest BCUT2D eigenvalue weighted by Crippen LogP contribution is -2.47. The Balaban J connectivity index is 0.00000261. The van der Waals surface area contributed by atoms with Crippen LogP contribution in [-0.4, -0.2) is 84.7 Å². The Morgan fingerprint density at radius 2 is 2.00 bits per heavy atom. The van der Waals surface area contributed by atoms with Crippen LogP contribution in [0.5, 0.6) is 0 Å². The number of halogens is 1. The van der Waals surface area contributed by atoms with E-state index in [-0.39, 0.29) is 24.0 Å². The number of guanidine groups is 1. The lowest BCUT2D eigenvalue weighted by Gasteiger charge is -2.32. The zero-order valence-electron chi connectivity index (χ0n) is 16.0. The molecule has 0 bridgehead atoms. The maximum absolute atomic E-state index is 12.3. The number of morpholine rings is 1. The largest absolute Gasteiger partial charge is 0.379 e. The summed E-state index contributed by atoms with van der Waals surface area (Å²) in [5.74, 6) is 2.18. The molecule has 0 aliphatic carbocycles. The zero-order valence-corrected chi connectivity index (χ0v) is 19.2. The molecular formula is C19H31IN4O2S. The van der Waals surface area contributed by atoms with E-state index in [1.807, 2.05) is 37.4 Å². The predicted molar refractivity (Wildman–Crippen MR) is 122 cm³/mol. The van der Waals surface area contributed by atoms with Crippen LogP contribution in [0.15, 0.2) is 35.3 Å². The van der Waals surface area contributed by atoms with Gasteiger partial charge in [0, 0.05) is 68.1 Å². The minimum absolute atomic E-state index is 0. The molecule has 2 heterocycles. The first-order valence-electron chi connectivity index (χ1n) is 9.42. The van der Waals surface area contributed by atoms with E-state index < -0.39 is 10.8 Å². The smallest absolute Gasteiger partial charge is 0.193 e. The first-order valence-corrected chi connectivity index (χ1v) is 10.9. The Morgan fingerprint density at radius 1 is 1.26 bits per heavy atom. The number of ether oxygens (including phenoxy) is 1. The topological polar surface area (TPSA) is 57.2 Å². The Labute approximate surface area is 182 Å². The summed E-state index contributed by atoms with van der Waals surface area (Å²) < 4.78 is 17.7. The van der Waals surface area contributed by atoms with Gasteiger partial charge in [0.05, 0.1) is 13.2 Å². The minimum atomic E-state index is -0.860. The van der Waals surface area contributed by atoms with Gasteiger partial charge in [0.25, 0.3) is 0 Å². The molecule has 8 heteroatoms. The van der Waals surface area contributed by atoms with E-state index in [0.29, 0.717) is 24.1 Å². The van der Waals surface area contributed by atoms with Crippen molar-refractivity contribution in [2.75, 3.05) is 58.7 Å². The van der Waals surface area contributed by atoms with Crippen LogP contribution in [0.2, 0.25) is 0 Å². The predicted octanol–water partition coefficient (Wildman–Crippen LogP) is 1.54. The summed E-state index contributed by atoms with van der Waals surface area (Å²) in [4.78, 5) is 9.27.